The summed E-state index contributed by atoms with van der Waals surface area (Å²) in [5.74, 6) is -4.59. The average molecular weight is 592 g/mol. The molecule has 0 saturated carbocycles. The highest BCUT2D eigenvalue weighted by molar-refractivity contribution is 5.94. The third-order valence-electron chi connectivity index (χ3n) is 6.28. The Hall–Kier alpha value is -3.09. The number of aliphatic hydroxyl groups excluding tert-OH is 3. The number of aliphatic carboxylic acids is 1. The van der Waals surface area contributed by atoms with E-state index in [1.807, 2.05) is 0 Å². The molecule has 0 aliphatic rings. The monoisotopic (exact) mass is 591 g/mol. The predicted molar refractivity (Wildman–Crippen MR) is 151 cm³/mol. The van der Waals surface area contributed by atoms with E-state index >= 15 is 0 Å². The molecular weight excluding hydrogens is 542 g/mol. The first-order valence-electron chi connectivity index (χ1n) is 13.5. The molecule has 7 atom stereocenters. The number of hydrogen-bond acceptors (Lipinski definition) is 11. The number of nitrogens with zero attached hydrogens (tertiary/aromatic N) is 1. The second kappa shape index (κ2) is 19.9. The van der Waals surface area contributed by atoms with Crippen molar-refractivity contribution in [3.63, 3.8) is 0 Å². The van der Waals surface area contributed by atoms with Crippen molar-refractivity contribution in [2.75, 3.05) is 19.7 Å². The third kappa shape index (κ3) is 15.5. The van der Waals surface area contributed by atoms with Crippen LogP contribution >= 0.6 is 0 Å². The topological polar surface area (TPSA) is 328 Å². The Kier molecular flexibility index (Phi) is 18.4. The van der Waals surface area contributed by atoms with Gasteiger partial charge in [-0.2, -0.15) is 0 Å². The van der Waals surface area contributed by atoms with Crippen molar-refractivity contribution in [3.05, 3.63) is 0 Å². The molecule has 17 N–H and O–H groups in total. The molecule has 0 heterocycles. The van der Waals surface area contributed by atoms with Crippen molar-refractivity contribution in [1.82, 2.24) is 16.0 Å². The van der Waals surface area contributed by atoms with Crippen molar-refractivity contribution >= 4 is 29.7 Å². The van der Waals surface area contributed by atoms with Crippen LogP contribution in [0.15, 0.2) is 4.99 Å². The van der Waals surface area contributed by atoms with Crippen LogP contribution in [0, 0.1) is 5.92 Å². The first-order chi connectivity index (χ1) is 19.1. The molecule has 0 aromatic rings. The van der Waals surface area contributed by atoms with Gasteiger partial charge in [-0.15, -0.1) is 0 Å². The fraction of sp³-hybridized carbons (Fsp3) is 0.792. The highest BCUT2D eigenvalue weighted by Gasteiger charge is 2.35. The van der Waals surface area contributed by atoms with Gasteiger partial charge in [-0.3, -0.25) is 19.4 Å². The van der Waals surface area contributed by atoms with Crippen molar-refractivity contribution in [2.24, 2.45) is 39.6 Å². The van der Waals surface area contributed by atoms with E-state index in [9.17, 15) is 39.6 Å². The Balaban J connectivity index is 5.57. The van der Waals surface area contributed by atoms with E-state index in [1.54, 1.807) is 13.8 Å². The van der Waals surface area contributed by atoms with Gasteiger partial charge < -0.3 is 65.0 Å². The molecule has 0 aromatic heterocycles. The van der Waals surface area contributed by atoms with Crippen molar-refractivity contribution in [2.45, 2.75) is 94.8 Å². The second-order valence-electron chi connectivity index (χ2n) is 10.2. The molecule has 238 valence electrons. The summed E-state index contributed by atoms with van der Waals surface area (Å²) in [4.78, 5) is 54.1. The van der Waals surface area contributed by atoms with E-state index in [0.29, 0.717) is 19.4 Å². The van der Waals surface area contributed by atoms with Gasteiger partial charge in [-0.25, -0.2) is 4.79 Å². The molecule has 17 heteroatoms. The molecule has 0 radical (unpaired) electrons. The van der Waals surface area contributed by atoms with Gasteiger partial charge in [0.05, 0.1) is 18.8 Å². The normalized spacial score (nSPS) is 16.4. The van der Waals surface area contributed by atoms with E-state index < -0.39 is 72.6 Å². The van der Waals surface area contributed by atoms with Gasteiger partial charge in [0.2, 0.25) is 17.7 Å². The number of nitrogens with one attached hydrogen (secondary N) is 3. The van der Waals surface area contributed by atoms with Crippen molar-refractivity contribution in [3.8, 4) is 0 Å². The molecule has 41 heavy (non-hydrogen) atoms. The largest absolute Gasteiger partial charge is 0.480 e. The highest BCUT2D eigenvalue weighted by Crippen LogP contribution is 2.11. The highest BCUT2D eigenvalue weighted by atomic mass is 16.4. The van der Waals surface area contributed by atoms with Gasteiger partial charge in [0, 0.05) is 19.1 Å². The average Bonchev–Trinajstić information content (AvgIpc) is 2.91. The van der Waals surface area contributed by atoms with E-state index in [1.165, 1.54) is 0 Å². The maximum absolute atomic E-state index is 13.2. The van der Waals surface area contributed by atoms with Crippen LogP contribution in [-0.4, -0.2) is 112 Å². The van der Waals surface area contributed by atoms with E-state index in [0.717, 1.165) is 0 Å². The number of guanidine groups is 1. The molecular formula is C24H49N9O8. The van der Waals surface area contributed by atoms with Crippen LogP contribution in [0.5, 0.6) is 0 Å². The standard InChI is InChI=1S/C24H49N9O8/c1-12(2)18(21(38)31-16(23(40)41)7-6-14(35)10-25)32-22(39)19(33-20(37)15(27)11-34)17(36)8-5-13(26)4-3-9-30-24(28)29/h12-19,34-36H,3-11,25-27H2,1-2H3,(H,31,38)(H,32,39)(H,33,37)(H,40,41)(H4,28,29,30). The molecule has 0 aliphatic carbocycles. The zero-order chi connectivity index (χ0) is 31.7. The van der Waals surface area contributed by atoms with Crippen molar-refractivity contribution in [1.29, 1.82) is 0 Å². The fourth-order valence-electron chi connectivity index (χ4n) is 3.71. The fourth-order valence-corrected chi connectivity index (χ4v) is 3.71. The lowest BCUT2D eigenvalue weighted by Gasteiger charge is -2.29. The quantitative estimate of drug-likeness (QED) is 0.0339. The predicted octanol–water partition coefficient (Wildman–Crippen LogP) is -4.88. The Morgan fingerprint density at radius 1 is 0.829 bits per heavy atom. The molecule has 7 unspecified atom stereocenters. The van der Waals surface area contributed by atoms with Crippen LogP contribution in [0.25, 0.3) is 0 Å². The molecule has 0 spiro atoms. The van der Waals surface area contributed by atoms with E-state index in [4.69, 9.17) is 28.7 Å². The number of rotatable bonds is 21. The first kappa shape index (κ1) is 37.9. The summed E-state index contributed by atoms with van der Waals surface area (Å²) in [6, 6.07) is -5.94. The second-order valence-corrected chi connectivity index (χ2v) is 10.2. The molecule has 3 amide bonds. The third-order valence-corrected chi connectivity index (χ3v) is 6.28. The minimum atomic E-state index is -1.57. The lowest BCUT2D eigenvalue weighted by Crippen LogP contribution is -2.61. The Morgan fingerprint density at radius 3 is 1.93 bits per heavy atom. The van der Waals surface area contributed by atoms with Crippen LogP contribution < -0.4 is 44.6 Å². The molecule has 0 bridgehead atoms. The lowest BCUT2D eigenvalue weighted by atomic mass is 9.97. The number of amides is 3. The summed E-state index contributed by atoms with van der Waals surface area (Å²) in [7, 11) is 0. The molecule has 0 aliphatic heterocycles. The molecule has 0 saturated heterocycles. The van der Waals surface area contributed by atoms with Gasteiger partial charge >= 0.3 is 5.97 Å². The minimum Gasteiger partial charge on any atom is -0.480 e. The van der Waals surface area contributed by atoms with Crippen LogP contribution in [-0.2, 0) is 19.2 Å². The maximum atomic E-state index is 13.2. The molecule has 0 aromatic carbocycles. The minimum absolute atomic E-state index is 0.0146. The zero-order valence-electron chi connectivity index (χ0n) is 23.7. The number of carbonyl (C=O) groups is 4. The Labute approximate surface area is 239 Å². The first-order valence-corrected chi connectivity index (χ1v) is 13.5. The summed E-state index contributed by atoms with van der Waals surface area (Å²) in [6.45, 7) is 2.78. The number of carboxylic acid groups (broad SMARTS) is 1. The number of aliphatic hydroxyl groups is 3. The summed E-state index contributed by atoms with van der Waals surface area (Å²) < 4.78 is 0. The van der Waals surface area contributed by atoms with Crippen molar-refractivity contribution < 1.29 is 39.6 Å². The summed E-state index contributed by atoms with van der Waals surface area (Å²) >= 11 is 0. The summed E-state index contributed by atoms with van der Waals surface area (Å²) in [5.41, 5.74) is 27.5. The van der Waals surface area contributed by atoms with Gasteiger partial charge in [0.15, 0.2) is 5.96 Å². The number of carboxylic acids is 1. The summed E-state index contributed by atoms with van der Waals surface area (Å²) in [6.07, 6.45) is -1.14. The van der Waals surface area contributed by atoms with E-state index in [-0.39, 0.29) is 44.2 Å². The SMILES string of the molecule is CC(C)C(NC(=O)C(NC(=O)C(N)CO)C(O)CCC(N)CCCN=C(N)N)C(=O)NC(CCC(O)CN)C(=O)O. The zero-order valence-corrected chi connectivity index (χ0v) is 23.7. The van der Waals surface area contributed by atoms with Gasteiger partial charge in [-0.05, 0) is 44.4 Å². The van der Waals surface area contributed by atoms with Gasteiger partial charge in [0.25, 0.3) is 0 Å². The number of carbonyl (C=O) groups excluding carboxylic acids is 3. The maximum Gasteiger partial charge on any atom is 0.326 e. The van der Waals surface area contributed by atoms with Crippen LogP contribution in [0.1, 0.15) is 52.4 Å². The molecule has 17 nitrogen and oxygen atoms in total. The van der Waals surface area contributed by atoms with E-state index in [2.05, 4.69) is 20.9 Å². The smallest absolute Gasteiger partial charge is 0.326 e. The lowest BCUT2D eigenvalue weighted by molar-refractivity contribution is -0.143. The number of hydrogen-bond donors (Lipinski definition) is 12. The van der Waals surface area contributed by atoms with Crippen LogP contribution in [0.2, 0.25) is 0 Å². The van der Waals surface area contributed by atoms with Crippen LogP contribution in [0.4, 0.5) is 0 Å². The van der Waals surface area contributed by atoms with Gasteiger partial charge in [-0.1, -0.05) is 13.8 Å². The Morgan fingerprint density at radius 2 is 1.41 bits per heavy atom. The van der Waals surface area contributed by atoms with Crippen LogP contribution in [0.3, 0.4) is 0 Å². The molecule has 0 fully saturated rings. The molecule has 0 rings (SSSR count). The summed E-state index contributed by atoms with van der Waals surface area (Å²) in [5, 5.41) is 46.3. The number of aliphatic imine (C=N–C) groups is 1. The number of nitrogens with two attached hydrogens (primary N) is 5. The Bertz CT molecular complexity index is 857. The van der Waals surface area contributed by atoms with Gasteiger partial charge in [0.1, 0.15) is 24.2 Å².